The summed E-state index contributed by atoms with van der Waals surface area (Å²) >= 11 is 1.67. The molecule has 1 aromatic heterocycles. The summed E-state index contributed by atoms with van der Waals surface area (Å²) in [6.07, 6.45) is 2.04. The van der Waals surface area contributed by atoms with Gasteiger partial charge in [0.05, 0.1) is 17.9 Å². The first kappa shape index (κ1) is 15.4. The van der Waals surface area contributed by atoms with E-state index in [2.05, 4.69) is 17.1 Å². The molecule has 0 aromatic carbocycles. The quantitative estimate of drug-likeness (QED) is 0.864. The number of likely N-dealkylation sites (tertiary alicyclic amines) is 1. The molecule has 0 aliphatic carbocycles. The van der Waals surface area contributed by atoms with E-state index in [1.807, 2.05) is 12.3 Å². The normalized spacial score (nSPS) is 23.1. The monoisotopic (exact) mass is 298 g/mol. The minimum Gasteiger partial charge on any atom is -0.455 e. The number of nitrogens with zero attached hydrogens (tertiary/aromatic N) is 1. The maximum Gasteiger partial charge on any atom is 0.287 e. The van der Waals surface area contributed by atoms with Crippen LogP contribution < -0.4 is 5.32 Å². The Balaban J connectivity index is 1.96. The summed E-state index contributed by atoms with van der Waals surface area (Å²) in [4.78, 5) is 14.5. The first-order chi connectivity index (χ1) is 9.67. The van der Waals surface area contributed by atoms with Crippen molar-refractivity contribution in [3.05, 3.63) is 23.7 Å². The molecule has 2 rings (SSSR count). The van der Waals surface area contributed by atoms with Crippen LogP contribution in [0.15, 0.2) is 16.5 Å². The number of nitrogens with one attached hydrogen (secondary N) is 1. The molecule has 6 heteroatoms. The Morgan fingerprint density at radius 3 is 3.00 bits per heavy atom. The maximum atomic E-state index is 12.2. The zero-order valence-electron chi connectivity index (χ0n) is 12.2. The minimum absolute atomic E-state index is 0.0153. The highest BCUT2D eigenvalue weighted by molar-refractivity contribution is 7.97. The molecule has 2 atom stereocenters. The summed E-state index contributed by atoms with van der Waals surface area (Å²) in [5.74, 6) is 1.81. The van der Waals surface area contributed by atoms with Crippen LogP contribution in [0.4, 0.5) is 0 Å². The summed E-state index contributed by atoms with van der Waals surface area (Å²) in [5.41, 5.74) is 0. The molecule has 0 bridgehead atoms. The van der Waals surface area contributed by atoms with Crippen LogP contribution in [0.5, 0.6) is 0 Å². The van der Waals surface area contributed by atoms with Crippen LogP contribution in [-0.2, 0) is 10.5 Å². The van der Waals surface area contributed by atoms with Crippen molar-refractivity contribution in [2.24, 2.45) is 0 Å². The van der Waals surface area contributed by atoms with Crippen molar-refractivity contribution in [2.45, 2.75) is 24.8 Å². The van der Waals surface area contributed by atoms with Gasteiger partial charge in [0.15, 0.2) is 5.76 Å². The Kier molecular flexibility index (Phi) is 5.51. The topological polar surface area (TPSA) is 54.7 Å². The highest BCUT2D eigenvalue weighted by Gasteiger charge is 2.33. The van der Waals surface area contributed by atoms with Gasteiger partial charge in [-0.25, -0.2) is 0 Å². The number of thioether (sulfide) groups is 1. The van der Waals surface area contributed by atoms with Crippen molar-refractivity contribution in [1.82, 2.24) is 10.2 Å². The maximum absolute atomic E-state index is 12.2. The van der Waals surface area contributed by atoms with Crippen molar-refractivity contribution in [3.8, 4) is 0 Å². The van der Waals surface area contributed by atoms with E-state index < -0.39 is 0 Å². The van der Waals surface area contributed by atoms with Crippen molar-refractivity contribution >= 4 is 17.7 Å². The van der Waals surface area contributed by atoms with E-state index in [9.17, 15) is 4.79 Å². The fourth-order valence-corrected chi connectivity index (χ4v) is 2.89. The van der Waals surface area contributed by atoms with Gasteiger partial charge in [0.2, 0.25) is 0 Å². The molecule has 2 heterocycles. The number of hydrogen-bond donors (Lipinski definition) is 1. The number of furan rings is 1. The molecule has 0 spiro atoms. The van der Waals surface area contributed by atoms with Crippen LogP contribution in [0.25, 0.3) is 0 Å². The Morgan fingerprint density at radius 2 is 2.35 bits per heavy atom. The largest absolute Gasteiger partial charge is 0.455 e. The number of ether oxygens (including phenoxy) is 1. The van der Waals surface area contributed by atoms with E-state index >= 15 is 0 Å². The molecule has 1 amide bonds. The summed E-state index contributed by atoms with van der Waals surface area (Å²) < 4.78 is 11.0. The van der Waals surface area contributed by atoms with E-state index in [1.54, 1.807) is 24.9 Å². The number of hydrogen-bond acceptors (Lipinski definition) is 5. The van der Waals surface area contributed by atoms with Gasteiger partial charge in [-0.15, -0.1) is 0 Å². The lowest BCUT2D eigenvalue weighted by Crippen LogP contribution is -2.43. The number of carbonyl (C=O) groups is 1. The van der Waals surface area contributed by atoms with Gasteiger partial charge < -0.3 is 14.5 Å². The van der Waals surface area contributed by atoms with Gasteiger partial charge in [0.1, 0.15) is 5.76 Å². The second kappa shape index (κ2) is 7.15. The van der Waals surface area contributed by atoms with Crippen molar-refractivity contribution in [3.63, 3.8) is 0 Å². The van der Waals surface area contributed by atoms with Crippen molar-refractivity contribution < 1.29 is 13.9 Å². The molecule has 5 nitrogen and oxygen atoms in total. The molecule has 1 saturated heterocycles. The van der Waals surface area contributed by atoms with Crippen LogP contribution >= 0.6 is 11.8 Å². The zero-order chi connectivity index (χ0) is 14.5. The number of carbonyl (C=O) groups excluding carboxylic acids is 1. The van der Waals surface area contributed by atoms with E-state index in [1.165, 1.54) is 0 Å². The summed E-state index contributed by atoms with van der Waals surface area (Å²) in [7, 11) is 1.69. The highest BCUT2D eigenvalue weighted by atomic mass is 32.2. The molecule has 1 aliphatic rings. The predicted molar refractivity (Wildman–Crippen MR) is 80.1 cm³/mol. The number of amides is 1. The lowest BCUT2D eigenvalue weighted by atomic mass is 10.2. The zero-order valence-corrected chi connectivity index (χ0v) is 13.0. The number of rotatable bonds is 6. The molecule has 0 unspecified atom stereocenters. The van der Waals surface area contributed by atoms with Gasteiger partial charge in [0, 0.05) is 20.2 Å². The van der Waals surface area contributed by atoms with Gasteiger partial charge in [-0.1, -0.05) is 6.92 Å². The molecule has 20 heavy (non-hydrogen) atoms. The molecular formula is C14H22N2O3S. The molecule has 1 aromatic rings. The second-order valence-electron chi connectivity index (χ2n) is 4.91. The summed E-state index contributed by atoms with van der Waals surface area (Å²) in [5, 5.41) is 3.01. The standard InChI is InChI=1S/C14H22N2O3S/c1-4-16-7-11(13(8-16)18-2)15-14(17)12-6-5-10(19-12)9-20-3/h5-6,11,13H,4,7-9H2,1-3H3,(H,15,17)/t11-,13-/m0/s1. The Bertz CT molecular complexity index is 449. The highest BCUT2D eigenvalue weighted by Crippen LogP contribution is 2.16. The van der Waals surface area contributed by atoms with Crippen LogP contribution in [-0.4, -0.2) is 56.0 Å². The molecule has 0 saturated carbocycles. The third-order valence-electron chi connectivity index (χ3n) is 3.58. The van der Waals surface area contributed by atoms with Gasteiger partial charge in [-0.3, -0.25) is 9.69 Å². The third-order valence-corrected chi connectivity index (χ3v) is 4.15. The molecule has 1 N–H and O–H groups in total. The first-order valence-electron chi connectivity index (χ1n) is 6.81. The fourth-order valence-electron chi connectivity index (χ4n) is 2.45. The molecular weight excluding hydrogens is 276 g/mol. The van der Waals surface area contributed by atoms with Crippen molar-refractivity contribution in [2.75, 3.05) is 33.0 Å². The van der Waals surface area contributed by atoms with E-state index in [4.69, 9.17) is 9.15 Å². The smallest absolute Gasteiger partial charge is 0.287 e. The first-order valence-corrected chi connectivity index (χ1v) is 8.21. The van der Waals surface area contributed by atoms with Gasteiger partial charge in [0.25, 0.3) is 5.91 Å². The molecule has 1 fully saturated rings. The van der Waals surface area contributed by atoms with Crippen LogP contribution in [0.3, 0.4) is 0 Å². The lowest BCUT2D eigenvalue weighted by molar-refractivity contribution is 0.0744. The Labute approximate surface area is 124 Å². The molecule has 112 valence electrons. The van der Waals surface area contributed by atoms with E-state index in [0.717, 1.165) is 31.1 Å². The van der Waals surface area contributed by atoms with Crippen LogP contribution in [0, 0.1) is 0 Å². The van der Waals surface area contributed by atoms with Gasteiger partial charge in [-0.2, -0.15) is 11.8 Å². The SMILES string of the molecule is CCN1C[C@H](NC(=O)c2ccc(CSC)o2)[C@@H](OC)C1. The lowest BCUT2D eigenvalue weighted by Gasteiger charge is -2.17. The third kappa shape index (κ3) is 3.56. The van der Waals surface area contributed by atoms with Gasteiger partial charge in [-0.05, 0) is 24.9 Å². The summed E-state index contributed by atoms with van der Waals surface area (Å²) in [6, 6.07) is 3.60. The summed E-state index contributed by atoms with van der Waals surface area (Å²) in [6.45, 7) is 4.75. The van der Waals surface area contributed by atoms with E-state index in [-0.39, 0.29) is 18.1 Å². The molecule has 0 radical (unpaired) electrons. The van der Waals surface area contributed by atoms with E-state index in [0.29, 0.717) is 5.76 Å². The van der Waals surface area contributed by atoms with Gasteiger partial charge >= 0.3 is 0 Å². The minimum atomic E-state index is -0.164. The molecule has 1 aliphatic heterocycles. The predicted octanol–water partition coefficient (Wildman–Crippen LogP) is 1.59. The van der Waals surface area contributed by atoms with Crippen LogP contribution in [0.1, 0.15) is 23.2 Å². The average Bonchev–Trinajstić information content (AvgIpc) is 3.05. The number of methoxy groups -OCH3 is 1. The van der Waals surface area contributed by atoms with Crippen LogP contribution in [0.2, 0.25) is 0 Å². The van der Waals surface area contributed by atoms with Crippen molar-refractivity contribution in [1.29, 1.82) is 0 Å². The number of likely N-dealkylation sites (N-methyl/N-ethyl adjacent to an activating group) is 1. The average molecular weight is 298 g/mol. The Hall–Kier alpha value is -0.980. The second-order valence-corrected chi connectivity index (χ2v) is 5.77. The fraction of sp³-hybridized carbons (Fsp3) is 0.643. The Morgan fingerprint density at radius 1 is 1.55 bits per heavy atom.